The number of nitrogens with zero attached hydrogens (tertiary/aromatic N) is 3. The van der Waals surface area contributed by atoms with E-state index >= 15 is 0 Å². The molecule has 0 radical (unpaired) electrons. The smallest absolute Gasteiger partial charge is 0.252 e. The summed E-state index contributed by atoms with van der Waals surface area (Å²) in [5.41, 5.74) is 31.2. The van der Waals surface area contributed by atoms with Crippen LogP contribution in [0, 0.1) is 20.8 Å². The molecule has 336 valence electrons. The van der Waals surface area contributed by atoms with E-state index in [0.717, 1.165) is 5.69 Å². The van der Waals surface area contributed by atoms with Crippen molar-refractivity contribution in [1.29, 1.82) is 0 Å². The van der Waals surface area contributed by atoms with E-state index < -0.39 is 5.41 Å². The Morgan fingerprint density at radius 1 is 0.310 bits per heavy atom. The first-order valence-corrected chi connectivity index (χ1v) is 25.2. The largest absolute Gasteiger partial charge is 0.311 e. The van der Waals surface area contributed by atoms with Crippen LogP contribution in [0.4, 0.5) is 51.2 Å². The minimum Gasteiger partial charge on any atom is -0.311 e. The van der Waals surface area contributed by atoms with Gasteiger partial charge in [0.15, 0.2) is 0 Å². The molecule has 1 unspecified atom stereocenters. The molecule has 3 aliphatic heterocycles. The van der Waals surface area contributed by atoms with Gasteiger partial charge in [-0.05, 0) is 171 Å². The van der Waals surface area contributed by atoms with E-state index in [0.29, 0.717) is 0 Å². The normalized spacial score (nSPS) is 16.6. The Bertz CT molecular complexity index is 3880. The van der Waals surface area contributed by atoms with Crippen molar-refractivity contribution in [2.75, 3.05) is 14.7 Å². The topological polar surface area (TPSA) is 9.72 Å². The predicted molar refractivity (Wildman–Crippen MR) is 298 cm³/mol. The number of benzene rings is 10. The highest BCUT2D eigenvalue weighted by Gasteiger charge is 2.54. The number of para-hydroxylation sites is 3. The van der Waals surface area contributed by atoms with E-state index in [1.165, 1.54) is 134 Å². The van der Waals surface area contributed by atoms with Crippen molar-refractivity contribution in [2.24, 2.45) is 0 Å². The standard InChI is InChI=1S/C67H50BN3/c1-41-27-30-45(31-28-41)69-61-34-29-42(2)35-57(61)68-58-39-50-48-20-10-12-22-52(48)67(56(50)40-62(58)70(44-17-7-6-8-18-44)64-37-43(3)36-63(69)65(64)68)51-21-11-9-19-47(51)49-33-32-46(38-55(49)67)71-59-25-15-13-23-53(59)66(4,5)54-24-14-16-26-60(54)71/h6-40H,1-5H3. The molecule has 0 amide bonds. The third-order valence-electron chi connectivity index (χ3n) is 16.8. The Kier molecular flexibility index (Phi) is 8.21. The first-order chi connectivity index (χ1) is 34.7. The first-order valence-electron chi connectivity index (χ1n) is 25.2. The zero-order valence-corrected chi connectivity index (χ0v) is 40.6. The number of hydrogen-bond donors (Lipinski definition) is 0. The minimum absolute atomic E-state index is 0.000542. The molecule has 10 aromatic carbocycles. The second-order valence-corrected chi connectivity index (χ2v) is 21.1. The van der Waals surface area contributed by atoms with Gasteiger partial charge in [-0.2, -0.15) is 0 Å². The number of aryl methyl sites for hydroxylation is 3. The third-order valence-corrected chi connectivity index (χ3v) is 16.8. The second-order valence-electron chi connectivity index (χ2n) is 21.1. The van der Waals surface area contributed by atoms with Crippen molar-refractivity contribution < 1.29 is 0 Å². The summed E-state index contributed by atoms with van der Waals surface area (Å²) >= 11 is 0. The molecule has 0 aromatic heterocycles. The highest BCUT2D eigenvalue weighted by atomic mass is 15.2. The molecule has 0 saturated heterocycles. The molecule has 10 aromatic rings. The van der Waals surface area contributed by atoms with E-state index in [-0.39, 0.29) is 12.1 Å². The second kappa shape index (κ2) is 14.4. The molecule has 1 spiro atoms. The molecule has 0 fully saturated rings. The fourth-order valence-electron chi connectivity index (χ4n) is 13.8. The molecule has 2 aliphatic carbocycles. The lowest BCUT2D eigenvalue weighted by molar-refractivity contribution is 0.632. The third kappa shape index (κ3) is 5.29. The average molecular weight is 908 g/mol. The summed E-state index contributed by atoms with van der Waals surface area (Å²) in [5, 5.41) is 0. The Morgan fingerprint density at radius 2 is 0.803 bits per heavy atom. The van der Waals surface area contributed by atoms with Gasteiger partial charge in [0.25, 0.3) is 6.71 Å². The molecule has 71 heavy (non-hydrogen) atoms. The molecular formula is C67H50BN3. The number of anilines is 9. The van der Waals surface area contributed by atoms with Gasteiger partial charge in [-0.3, -0.25) is 0 Å². The highest BCUT2D eigenvalue weighted by Crippen LogP contribution is 2.65. The molecule has 3 nitrogen and oxygen atoms in total. The fourth-order valence-corrected chi connectivity index (χ4v) is 13.8. The molecule has 0 saturated carbocycles. The minimum atomic E-state index is -0.583. The zero-order chi connectivity index (χ0) is 47.5. The molecular weight excluding hydrogens is 858 g/mol. The maximum atomic E-state index is 2.62. The number of fused-ring (bicyclic) bond motifs is 16. The summed E-state index contributed by atoms with van der Waals surface area (Å²) in [6, 6.07) is 81.3. The van der Waals surface area contributed by atoms with Crippen LogP contribution in [0.15, 0.2) is 212 Å². The highest BCUT2D eigenvalue weighted by molar-refractivity contribution is 7.00. The summed E-state index contributed by atoms with van der Waals surface area (Å²) in [7, 11) is 0. The van der Waals surface area contributed by atoms with Gasteiger partial charge < -0.3 is 14.7 Å². The van der Waals surface area contributed by atoms with Crippen LogP contribution in [0.5, 0.6) is 0 Å². The van der Waals surface area contributed by atoms with Gasteiger partial charge >= 0.3 is 0 Å². The molecule has 0 bridgehead atoms. The quantitative estimate of drug-likeness (QED) is 0.164. The fraction of sp³-hybridized carbons (Fsp3) is 0.104. The Morgan fingerprint density at radius 3 is 1.48 bits per heavy atom. The average Bonchev–Trinajstić information content (AvgIpc) is 3.86. The van der Waals surface area contributed by atoms with Crippen molar-refractivity contribution in [3.63, 3.8) is 0 Å². The molecule has 3 heterocycles. The van der Waals surface area contributed by atoms with E-state index in [2.05, 4.69) is 262 Å². The van der Waals surface area contributed by atoms with E-state index in [4.69, 9.17) is 0 Å². The predicted octanol–water partition coefficient (Wildman–Crippen LogP) is 15.1. The maximum Gasteiger partial charge on any atom is 0.252 e. The molecule has 1 atom stereocenters. The Hall–Kier alpha value is -8.34. The maximum absolute atomic E-state index is 2.62. The zero-order valence-electron chi connectivity index (χ0n) is 40.6. The Labute approximate surface area is 417 Å². The number of hydrogen-bond acceptors (Lipinski definition) is 3. The number of rotatable bonds is 3. The van der Waals surface area contributed by atoms with Crippen LogP contribution in [0.25, 0.3) is 22.3 Å². The van der Waals surface area contributed by atoms with Crippen LogP contribution in [0.3, 0.4) is 0 Å². The lowest BCUT2D eigenvalue weighted by Crippen LogP contribution is -2.61. The first kappa shape index (κ1) is 40.5. The lowest BCUT2D eigenvalue weighted by atomic mass is 9.33. The van der Waals surface area contributed by atoms with E-state index in [1.807, 2.05) is 0 Å². The molecule has 4 heteroatoms. The lowest BCUT2D eigenvalue weighted by Gasteiger charge is -2.45. The summed E-state index contributed by atoms with van der Waals surface area (Å²) < 4.78 is 0. The van der Waals surface area contributed by atoms with Crippen LogP contribution in [-0.4, -0.2) is 6.71 Å². The molecule has 15 rings (SSSR count). The summed E-state index contributed by atoms with van der Waals surface area (Å²) in [4.78, 5) is 7.63. The van der Waals surface area contributed by atoms with Crippen LogP contribution < -0.4 is 31.1 Å². The van der Waals surface area contributed by atoms with Gasteiger partial charge in [-0.25, -0.2) is 0 Å². The monoisotopic (exact) mass is 907 g/mol. The van der Waals surface area contributed by atoms with Gasteiger partial charge in [-0.1, -0.05) is 165 Å². The van der Waals surface area contributed by atoms with E-state index in [9.17, 15) is 0 Å². The van der Waals surface area contributed by atoms with Crippen molar-refractivity contribution in [2.45, 2.75) is 45.4 Å². The van der Waals surface area contributed by atoms with Crippen LogP contribution in [0.1, 0.15) is 63.9 Å². The van der Waals surface area contributed by atoms with Crippen molar-refractivity contribution in [3.05, 3.63) is 262 Å². The van der Waals surface area contributed by atoms with Gasteiger partial charge in [0.05, 0.1) is 16.8 Å². The summed E-state index contributed by atoms with van der Waals surface area (Å²) in [5.74, 6) is 0. The van der Waals surface area contributed by atoms with Gasteiger partial charge in [-0.15, -0.1) is 0 Å². The van der Waals surface area contributed by atoms with Crippen molar-refractivity contribution in [1.82, 2.24) is 0 Å². The van der Waals surface area contributed by atoms with Crippen molar-refractivity contribution in [3.8, 4) is 22.3 Å². The summed E-state index contributed by atoms with van der Waals surface area (Å²) in [6.07, 6.45) is 0. The van der Waals surface area contributed by atoms with Gasteiger partial charge in [0, 0.05) is 45.2 Å². The van der Waals surface area contributed by atoms with Crippen LogP contribution >= 0.6 is 0 Å². The Balaban J connectivity index is 1.03. The molecule has 0 N–H and O–H groups in total. The van der Waals surface area contributed by atoms with Crippen LogP contribution in [-0.2, 0) is 10.8 Å². The van der Waals surface area contributed by atoms with E-state index in [1.54, 1.807) is 0 Å². The molecule has 5 aliphatic rings. The van der Waals surface area contributed by atoms with Gasteiger partial charge in [0.2, 0.25) is 0 Å². The van der Waals surface area contributed by atoms with Crippen LogP contribution in [0.2, 0.25) is 0 Å². The van der Waals surface area contributed by atoms with Crippen molar-refractivity contribution >= 4 is 74.3 Å². The SMILES string of the molecule is Cc1ccc(N2c3ccc(C)cc3B3c4cc5c(cc4N(c4ccccc4)c4cc(C)cc2c43)C2(c3ccccc3-c3ccc(N4c6ccccc6C(C)(C)c6ccccc64)cc32)c2ccccc2-5)cc1. The van der Waals surface area contributed by atoms with Gasteiger partial charge in [0.1, 0.15) is 0 Å². The summed E-state index contributed by atoms with van der Waals surface area (Å²) in [6.45, 7) is 11.4.